The summed E-state index contributed by atoms with van der Waals surface area (Å²) in [4.78, 5) is 26.3. The largest absolute Gasteiger partial charge is 0.502 e. The minimum atomic E-state index is -1.13. The molecule has 30 heavy (non-hydrogen) atoms. The number of phenols is 1. The molecule has 1 aliphatic heterocycles. The highest BCUT2D eigenvalue weighted by Gasteiger charge is 2.40. The van der Waals surface area contributed by atoms with Crippen molar-refractivity contribution in [3.8, 4) is 17.2 Å². The minimum absolute atomic E-state index is 0.136. The second-order valence-electron chi connectivity index (χ2n) is 6.37. The first-order valence-electron chi connectivity index (χ1n) is 8.84. The van der Waals surface area contributed by atoms with Crippen molar-refractivity contribution in [3.63, 3.8) is 0 Å². The lowest BCUT2D eigenvalue weighted by atomic mass is 10.0. The first-order valence-corrected chi connectivity index (χ1v) is 10.1. The van der Waals surface area contributed by atoms with Gasteiger partial charge in [0.05, 0.1) is 19.1 Å². The molecule has 0 bridgehead atoms. The molecule has 1 heterocycles. The molecule has 1 saturated heterocycles. The molecule has 1 fully saturated rings. The fraction of sp³-hybridized carbons (Fsp3) is 0.190. The Kier molecular flexibility index (Phi) is 6.63. The van der Waals surface area contributed by atoms with Crippen molar-refractivity contribution < 1.29 is 29.3 Å². The Morgan fingerprint density at radius 2 is 1.80 bits per heavy atom. The van der Waals surface area contributed by atoms with Crippen molar-refractivity contribution in [2.45, 2.75) is 12.5 Å². The zero-order chi connectivity index (χ0) is 21.8. The molecule has 7 nitrogen and oxygen atoms in total. The van der Waals surface area contributed by atoms with Crippen molar-refractivity contribution in [2.24, 2.45) is 0 Å². The summed E-state index contributed by atoms with van der Waals surface area (Å²) in [5.74, 6) is -1.41. The van der Waals surface area contributed by atoms with Crippen molar-refractivity contribution in [3.05, 3.63) is 58.5 Å². The minimum Gasteiger partial charge on any atom is -0.502 e. The van der Waals surface area contributed by atoms with Gasteiger partial charge in [-0.1, -0.05) is 54.3 Å². The van der Waals surface area contributed by atoms with Gasteiger partial charge in [0.15, 0.2) is 11.5 Å². The smallest absolute Gasteiger partial charge is 0.327 e. The Morgan fingerprint density at radius 1 is 1.20 bits per heavy atom. The Bertz CT molecular complexity index is 996. The van der Waals surface area contributed by atoms with E-state index < -0.39 is 17.9 Å². The van der Waals surface area contributed by atoms with E-state index >= 15 is 0 Å². The second-order valence-corrected chi connectivity index (χ2v) is 8.05. The maximum atomic E-state index is 13.0. The van der Waals surface area contributed by atoms with E-state index in [9.17, 15) is 19.8 Å². The Labute approximate surface area is 182 Å². The number of rotatable bonds is 7. The molecule has 2 N–H and O–H groups in total. The maximum absolute atomic E-state index is 13.0. The molecule has 0 aromatic heterocycles. The average Bonchev–Trinajstić information content (AvgIpc) is 3.00. The number of carboxylic acids is 1. The number of aliphatic carboxylic acids is 1. The van der Waals surface area contributed by atoms with Crippen LogP contribution >= 0.6 is 24.0 Å². The lowest BCUT2D eigenvalue weighted by Gasteiger charge is -2.23. The molecule has 0 aliphatic carbocycles. The van der Waals surface area contributed by atoms with Gasteiger partial charge in [0.25, 0.3) is 5.91 Å². The lowest BCUT2D eigenvalue weighted by molar-refractivity contribution is -0.145. The molecule has 9 heteroatoms. The monoisotopic (exact) mass is 445 g/mol. The predicted molar refractivity (Wildman–Crippen MR) is 118 cm³/mol. The lowest BCUT2D eigenvalue weighted by Crippen LogP contribution is -2.45. The molecular weight excluding hydrogens is 426 g/mol. The third kappa shape index (κ3) is 4.42. The van der Waals surface area contributed by atoms with Gasteiger partial charge in [0, 0.05) is 6.42 Å². The van der Waals surface area contributed by atoms with Crippen LogP contribution < -0.4 is 9.47 Å². The zero-order valence-corrected chi connectivity index (χ0v) is 17.8. The summed E-state index contributed by atoms with van der Waals surface area (Å²) in [6.07, 6.45) is 1.70. The van der Waals surface area contributed by atoms with Crippen LogP contribution in [0.25, 0.3) is 6.08 Å². The number of amides is 1. The molecule has 0 radical (unpaired) electrons. The highest BCUT2D eigenvalue weighted by Crippen LogP contribution is 2.40. The summed E-state index contributed by atoms with van der Waals surface area (Å²) in [7, 11) is 2.80. The first-order chi connectivity index (χ1) is 14.3. The number of thiocarbonyl (C=S) groups is 1. The van der Waals surface area contributed by atoms with Crippen LogP contribution in [0.3, 0.4) is 0 Å². The van der Waals surface area contributed by atoms with Crippen molar-refractivity contribution in [1.29, 1.82) is 0 Å². The number of nitrogens with zero attached hydrogens (tertiary/aromatic N) is 1. The van der Waals surface area contributed by atoms with Gasteiger partial charge in [-0.3, -0.25) is 9.69 Å². The van der Waals surface area contributed by atoms with E-state index in [-0.39, 0.29) is 32.9 Å². The summed E-state index contributed by atoms with van der Waals surface area (Å²) in [6.45, 7) is 0. The molecule has 0 saturated carbocycles. The third-order valence-corrected chi connectivity index (χ3v) is 5.82. The van der Waals surface area contributed by atoms with Gasteiger partial charge in [-0.05, 0) is 29.3 Å². The Hall–Kier alpha value is -3.04. The second kappa shape index (κ2) is 9.19. The molecule has 2 aromatic carbocycles. The summed E-state index contributed by atoms with van der Waals surface area (Å²) in [6, 6.07) is 11.0. The van der Waals surface area contributed by atoms with E-state index in [1.165, 1.54) is 14.2 Å². The zero-order valence-electron chi connectivity index (χ0n) is 16.2. The van der Waals surface area contributed by atoms with Crippen molar-refractivity contribution in [1.82, 2.24) is 4.90 Å². The SMILES string of the molecule is COc1cc(/C=C2\SC(=S)N(C(Cc3ccccc3)C(=O)O)C2=O)cc(OC)c1O. The van der Waals surface area contributed by atoms with Crippen LogP contribution in [0.4, 0.5) is 0 Å². The number of carboxylic acid groups (broad SMARTS) is 1. The molecule has 1 atom stereocenters. The molecular formula is C21H19NO6S2. The number of aromatic hydroxyl groups is 1. The van der Waals surface area contributed by atoms with Crippen LogP contribution in [0.5, 0.6) is 17.2 Å². The Balaban J connectivity index is 1.92. The van der Waals surface area contributed by atoms with E-state index in [0.717, 1.165) is 22.2 Å². The number of benzene rings is 2. The van der Waals surface area contributed by atoms with E-state index in [1.54, 1.807) is 30.3 Å². The van der Waals surface area contributed by atoms with E-state index in [0.29, 0.717) is 5.56 Å². The van der Waals surface area contributed by atoms with Gasteiger partial charge < -0.3 is 19.7 Å². The number of hydrogen-bond acceptors (Lipinski definition) is 7. The topological polar surface area (TPSA) is 96.3 Å². The van der Waals surface area contributed by atoms with Gasteiger partial charge in [-0.15, -0.1) is 0 Å². The summed E-state index contributed by atoms with van der Waals surface area (Å²) in [5, 5.41) is 19.8. The van der Waals surface area contributed by atoms with E-state index in [4.69, 9.17) is 21.7 Å². The maximum Gasteiger partial charge on any atom is 0.327 e. The highest BCUT2D eigenvalue weighted by molar-refractivity contribution is 8.26. The molecule has 1 aliphatic rings. The highest BCUT2D eigenvalue weighted by atomic mass is 32.2. The van der Waals surface area contributed by atoms with Crippen molar-refractivity contribution in [2.75, 3.05) is 14.2 Å². The van der Waals surface area contributed by atoms with E-state index in [2.05, 4.69) is 0 Å². The third-order valence-electron chi connectivity index (χ3n) is 4.49. The molecule has 1 amide bonds. The quantitative estimate of drug-likeness (QED) is 0.495. The first kappa shape index (κ1) is 21.7. The molecule has 1 unspecified atom stereocenters. The van der Waals surface area contributed by atoms with Crippen LogP contribution in [-0.2, 0) is 16.0 Å². The molecule has 0 spiro atoms. The number of thioether (sulfide) groups is 1. The van der Waals surface area contributed by atoms with E-state index in [1.807, 2.05) is 18.2 Å². The van der Waals surface area contributed by atoms with Gasteiger partial charge in [-0.2, -0.15) is 0 Å². The van der Waals surface area contributed by atoms with Crippen LogP contribution in [0.1, 0.15) is 11.1 Å². The number of hydrogen-bond donors (Lipinski definition) is 2. The average molecular weight is 446 g/mol. The number of phenolic OH excluding ortho intramolecular Hbond substituents is 1. The van der Waals surface area contributed by atoms with Gasteiger partial charge in [-0.25, -0.2) is 4.79 Å². The number of ether oxygens (including phenoxy) is 2. The predicted octanol–water partition coefficient (Wildman–Crippen LogP) is 3.31. The van der Waals surface area contributed by atoms with Gasteiger partial charge in [0.1, 0.15) is 10.4 Å². The Morgan fingerprint density at radius 3 is 2.33 bits per heavy atom. The summed E-state index contributed by atoms with van der Waals surface area (Å²) in [5.41, 5.74) is 1.33. The fourth-order valence-corrected chi connectivity index (χ4v) is 4.38. The van der Waals surface area contributed by atoms with Crippen LogP contribution in [0.2, 0.25) is 0 Å². The summed E-state index contributed by atoms with van der Waals surface area (Å²) < 4.78 is 10.4. The van der Waals surface area contributed by atoms with Crippen LogP contribution in [0, 0.1) is 0 Å². The number of carbonyl (C=O) groups excluding carboxylic acids is 1. The number of carbonyl (C=O) groups is 2. The van der Waals surface area contributed by atoms with Gasteiger partial charge >= 0.3 is 5.97 Å². The molecule has 3 rings (SSSR count). The normalized spacial score (nSPS) is 16.1. The number of methoxy groups -OCH3 is 2. The fourth-order valence-electron chi connectivity index (χ4n) is 3.02. The standard InChI is InChI=1S/C21H19NO6S2/c1-27-15-9-13(10-16(28-2)18(15)23)11-17-19(24)22(21(29)30-17)14(20(25)26)8-12-6-4-3-5-7-12/h3-7,9-11,14,23H,8H2,1-2H3,(H,25,26)/b17-11-. The molecule has 2 aromatic rings. The van der Waals surface area contributed by atoms with Crippen LogP contribution in [0.15, 0.2) is 47.4 Å². The van der Waals surface area contributed by atoms with Crippen LogP contribution in [-0.4, -0.2) is 51.6 Å². The van der Waals surface area contributed by atoms with Gasteiger partial charge in [0.2, 0.25) is 5.75 Å². The summed E-state index contributed by atoms with van der Waals surface area (Å²) >= 11 is 6.34. The molecule has 156 valence electrons. The van der Waals surface area contributed by atoms with Crippen molar-refractivity contribution >= 4 is 46.3 Å².